The van der Waals surface area contributed by atoms with Crippen LogP contribution >= 0.6 is 7.60 Å². The number of aromatic nitrogens is 4. The van der Waals surface area contributed by atoms with Gasteiger partial charge in [-0.15, -0.1) is 0 Å². The van der Waals surface area contributed by atoms with Crippen molar-refractivity contribution in [3.05, 3.63) is 20.8 Å². The third-order valence-corrected chi connectivity index (χ3v) is 6.43. The SMILES string of the molecule is CC(O)P(=O)(O)OC(C)(C)C[C@H]1O[C@@H](n2c(=O)[nH]c3c(=O)[nH]c(N)nc32)[C@H](O)[C@@H]1O. The van der Waals surface area contributed by atoms with E-state index in [9.17, 15) is 34.4 Å². The zero-order chi connectivity index (χ0) is 22.6. The van der Waals surface area contributed by atoms with E-state index in [2.05, 4.69) is 15.0 Å². The highest BCUT2D eigenvalue weighted by molar-refractivity contribution is 7.53. The minimum absolute atomic E-state index is 0.174. The lowest BCUT2D eigenvalue weighted by molar-refractivity contribution is -0.0625. The minimum atomic E-state index is -4.36. The summed E-state index contributed by atoms with van der Waals surface area (Å²) in [6, 6.07) is 0. The highest BCUT2D eigenvalue weighted by Crippen LogP contribution is 2.51. The first-order valence-electron chi connectivity index (χ1n) is 8.96. The number of hydrogen-bond donors (Lipinski definition) is 7. The maximum absolute atomic E-state index is 12.4. The topological polar surface area (TPSA) is 226 Å². The lowest BCUT2D eigenvalue weighted by atomic mass is 9.97. The maximum Gasteiger partial charge on any atom is 0.356 e. The third-order valence-electron chi connectivity index (χ3n) is 4.73. The number of hydrogen-bond acceptors (Lipinski definition) is 10. The van der Waals surface area contributed by atoms with Gasteiger partial charge in [-0.2, -0.15) is 4.98 Å². The van der Waals surface area contributed by atoms with Crippen LogP contribution in [0.4, 0.5) is 5.95 Å². The molecule has 15 heteroatoms. The number of rotatable bonds is 6. The molecular formula is C15H24N5O9P. The summed E-state index contributed by atoms with van der Waals surface area (Å²) in [6.07, 6.45) is -5.81. The van der Waals surface area contributed by atoms with Crippen molar-refractivity contribution in [1.29, 1.82) is 0 Å². The maximum atomic E-state index is 12.4. The zero-order valence-corrected chi connectivity index (χ0v) is 17.2. The Morgan fingerprint density at radius 1 is 1.33 bits per heavy atom. The van der Waals surface area contributed by atoms with Crippen molar-refractivity contribution in [2.24, 2.45) is 0 Å². The van der Waals surface area contributed by atoms with E-state index in [1.54, 1.807) is 0 Å². The van der Waals surface area contributed by atoms with Crippen molar-refractivity contribution in [2.75, 3.05) is 5.73 Å². The van der Waals surface area contributed by atoms with Gasteiger partial charge in [-0.1, -0.05) is 0 Å². The molecule has 30 heavy (non-hydrogen) atoms. The number of nitrogens with zero attached hydrogens (tertiary/aromatic N) is 2. The summed E-state index contributed by atoms with van der Waals surface area (Å²) in [6.45, 7) is 3.97. The molecule has 3 rings (SSSR count). The molecule has 1 saturated heterocycles. The number of nitrogen functional groups attached to an aromatic ring is 1. The molecular weight excluding hydrogens is 425 g/mol. The van der Waals surface area contributed by atoms with Crippen LogP contribution in [0.25, 0.3) is 11.2 Å². The van der Waals surface area contributed by atoms with E-state index >= 15 is 0 Å². The number of aromatic amines is 2. The Balaban J connectivity index is 1.91. The number of nitrogens with two attached hydrogens (primary N) is 1. The summed E-state index contributed by atoms with van der Waals surface area (Å²) in [5.74, 6) is -1.90. The Hall–Kier alpha value is -2.06. The number of aliphatic hydroxyl groups is 3. The quantitative estimate of drug-likeness (QED) is 0.246. The Labute approximate surface area is 168 Å². The summed E-state index contributed by atoms with van der Waals surface area (Å²) in [4.78, 5) is 42.5. The molecule has 0 aliphatic carbocycles. The van der Waals surface area contributed by atoms with E-state index in [1.165, 1.54) is 13.8 Å². The fourth-order valence-electron chi connectivity index (χ4n) is 3.33. The highest BCUT2D eigenvalue weighted by Gasteiger charge is 2.48. The predicted molar refractivity (Wildman–Crippen MR) is 103 cm³/mol. The van der Waals surface area contributed by atoms with Crippen molar-refractivity contribution in [3.63, 3.8) is 0 Å². The average Bonchev–Trinajstić information content (AvgIpc) is 3.04. The Morgan fingerprint density at radius 2 is 1.97 bits per heavy atom. The van der Waals surface area contributed by atoms with Crippen LogP contribution in [0.15, 0.2) is 9.59 Å². The summed E-state index contributed by atoms with van der Waals surface area (Å²) in [5, 5.41) is 30.3. The molecule has 1 aliphatic rings. The van der Waals surface area contributed by atoms with E-state index in [4.69, 9.17) is 15.0 Å². The van der Waals surface area contributed by atoms with Crippen LogP contribution in [0, 0.1) is 0 Å². The monoisotopic (exact) mass is 449 g/mol. The predicted octanol–water partition coefficient (Wildman–Crippen LogP) is -1.68. The lowest BCUT2D eigenvalue weighted by Crippen LogP contribution is -2.37. The number of nitrogens with one attached hydrogen (secondary N) is 2. The molecule has 0 spiro atoms. The molecule has 0 radical (unpaired) electrons. The van der Waals surface area contributed by atoms with E-state index in [0.29, 0.717) is 0 Å². The average molecular weight is 449 g/mol. The van der Waals surface area contributed by atoms with Gasteiger partial charge in [0.15, 0.2) is 23.2 Å². The van der Waals surface area contributed by atoms with Gasteiger partial charge in [0, 0.05) is 6.42 Å². The molecule has 0 amide bonds. The van der Waals surface area contributed by atoms with Crippen LogP contribution in [-0.2, 0) is 13.8 Å². The van der Waals surface area contributed by atoms with Crippen LogP contribution in [0.1, 0.15) is 33.4 Å². The molecule has 168 valence electrons. The third kappa shape index (κ3) is 4.07. The molecule has 0 bridgehead atoms. The normalized spacial score (nSPS) is 28.0. The second-order valence-corrected chi connectivity index (χ2v) is 9.81. The first kappa shape index (κ1) is 22.6. The van der Waals surface area contributed by atoms with Crippen molar-refractivity contribution >= 4 is 24.7 Å². The molecule has 8 N–H and O–H groups in total. The van der Waals surface area contributed by atoms with Crippen LogP contribution in [0.3, 0.4) is 0 Å². The van der Waals surface area contributed by atoms with Gasteiger partial charge in [0.2, 0.25) is 5.95 Å². The number of imidazole rings is 1. The Kier molecular flexibility index (Phi) is 5.71. The summed E-state index contributed by atoms with van der Waals surface area (Å²) in [7, 11) is -4.36. The minimum Gasteiger partial charge on any atom is -0.388 e. The van der Waals surface area contributed by atoms with E-state index < -0.39 is 54.8 Å². The van der Waals surface area contributed by atoms with Crippen LogP contribution in [-0.4, -0.2) is 69.5 Å². The Bertz CT molecular complexity index is 1110. The number of aliphatic hydroxyl groups excluding tert-OH is 3. The second kappa shape index (κ2) is 7.57. The molecule has 0 aromatic carbocycles. The molecule has 14 nitrogen and oxygen atoms in total. The van der Waals surface area contributed by atoms with Gasteiger partial charge in [-0.05, 0) is 20.8 Å². The lowest BCUT2D eigenvalue weighted by Gasteiger charge is -2.31. The van der Waals surface area contributed by atoms with E-state index in [0.717, 1.165) is 11.5 Å². The summed E-state index contributed by atoms with van der Waals surface area (Å²) < 4.78 is 23.6. The van der Waals surface area contributed by atoms with Crippen LogP contribution < -0.4 is 17.0 Å². The van der Waals surface area contributed by atoms with Crippen molar-refractivity contribution in [3.8, 4) is 0 Å². The number of anilines is 1. The molecule has 3 heterocycles. The van der Waals surface area contributed by atoms with E-state index in [-0.39, 0.29) is 23.5 Å². The van der Waals surface area contributed by atoms with Gasteiger partial charge < -0.3 is 35.2 Å². The van der Waals surface area contributed by atoms with Gasteiger partial charge in [-0.25, -0.2) is 9.36 Å². The van der Waals surface area contributed by atoms with Gasteiger partial charge in [0.05, 0.1) is 11.7 Å². The van der Waals surface area contributed by atoms with Gasteiger partial charge in [-0.3, -0.25) is 19.3 Å². The highest BCUT2D eigenvalue weighted by atomic mass is 31.2. The molecule has 2 aromatic heterocycles. The largest absolute Gasteiger partial charge is 0.388 e. The van der Waals surface area contributed by atoms with Gasteiger partial charge in [0.25, 0.3) is 5.56 Å². The summed E-state index contributed by atoms with van der Waals surface area (Å²) >= 11 is 0. The number of H-pyrrole nitrogens is 2. The van der Waals surface area contributed by atoms with E-state index in [1.807, 2.05) is 0 Å². The molecule has 1 aliphatic heterocycles. The molecule has 0 saturated carbocycles. The van der Waals surface area contributed by atoms with Crippen molar-refractivity contribution in [2.45, 2.75) is 63.2 Å². The van der Waals surface area contributed by atoms with Gasteiger partial charge >= 0.3 is 13.3 Å². The first-order chi connectivity index (χ1) is 13.7. The molecule has 1 fully saturated rings. The zero-order valence-electron chi connectivity index (χ0n) is 16.3. The molecule has 6 atom stereocenters. The van der Waals surface area contributed by atoms with Crippen LogP contribution in [0.5, 0.6) is 0 Å². The second-order valence-electron chi connectivity index (χ2n) is 7.75. The summed E-state index contributed by atoms with van der Waals surface area (Å²) in [5.41, 5.74) is 2.27. The van der Waals surface area contributed by atoms with Crippen molar-refractivity contribution < 1.29 is 34.0 Å². The standard InChI is InChI=1S/C15H24N5O9P/c1-5(21)30(26,27)29-15(2,3)4-6-8(22)9(23)12(28-6)20-10-7(17-14(20)25)11(24)19-13(16)18-10/h5-6,8-9,12,21-23H,4H2,1-3H3,(H,17,25)(H,26,27)(H3,16,18,19,24)/t5?,6-,8-,9-,12-/m1/s1. The number of ether oxygens (including phenoxy) is 1. The fourth-order valence-corrected chi connectivity index (χ4v) is 4.26. The number of fused-ring (bicyclic) bond motifs is 1. The fraction of sp³-hybridized carbons (Fsp3) is 0.667. The first-order valence-corrected chi connectivity index (χ1v) is 10.6. The molecule has 2 aromatic rings. The Morgan fingerprint density at radius 3 is 2.57 bits per heavy atom. The molecule has 2 unspecified atom stereocenters. The van der Waals surface area contributed by atoms with Crippen LogP contribution in [0.2, 0.25) is 0 Å². The van der Waals surface area contributed by atoms with Gasteiger partial charge in [0.1, 0.15) is 12.2 Å². The van der Waals surface area contributed by atoms with Crippen molar-refractivity contribution in [1.82, 2.24) is 19.5 Å². The smallest absolute Gasteiger partial charge is 0.356 e.